The summed E-state index contributed by atoms with van der Waals surface area (Å²) in [5.41, 5.74) is 1.59. The second-order valence-corrected chi connectivity index (χ2v) is 5.74. The second kappa shape index (κ2) is 6.64. The second-order valence-electron chi connectivity index (χ2n) is 5.74. The van der Waals surface area contributed by atoms with Gasteiger partial charge in [0.1, 0.15) is 0 Å². The summed E-state index contributed by atoms with van der Waals surface area (Å²) in [6.45, 7) is 5.09. The Bertz CT molecular complexity index is 628. The van der Waals surface area contributed by atoms with Crippen LogP contribution < -0.4 is 5.32 Å². The number of benzene rings is 1. The van der Waals surface area contributed by atoms with E-state index in [9.17, 15) is 14.4 Å². The zero-order chi connectivity index (χ0) is 17.0. The lowest BCUT2D eigenvalue weighted by atomic mass is 10.0. The molecule has 2 rings (SSSR count). The van der Waals surface area contributed by atoms with Crippen LogP contribution in [-0.2, 0) is 30.4 Å². The molecule has 0 saturated carbocycles. The molecule has 0 amide bonds. The zero-order valence-corrected chi connectivity index (χ0v) is 13.3. The van der Waals surface area contributed by atoms with E-state index in [1.54, 1.807) is 6.92 Å². The minimum atomic E-state index is -1.56. The molecule has 6 heteroatoms. The van der Waals surface area contributed by atoms with Crippen LogP contribution >= 0.6 is 0 Å². The van der Waals surface area contributed by atoms with E-state index in [2.05, 4.69) is 5.32 Å². The van der Waals surface area contributed by atoms with Crippen molar-refractivity contribution in [2.75, 3.05) is 0 Å². The Balaban J connectivity index is 1.99. The van der Waals surface area contributed by atoms with Crippen LogP contribution in [0, 0.1) is 5.92 Å². The van der Waals surface area contributed by atoms with Gasteiger partial charge in [0.2, 0.25) is 5.92 Å². The third-order valence-corrected chi connectivity index (χ3v) is 3.22. The number of ether oxygens (including phenoxy) is 2. The molecule has 1 fully saturated rings. The van der Waals surface area contributed by atoms with Crippen molar-refractivity contribution in [1.82, 2.24) is 5.32 Å². The highest BCUT2D eigenvalue weighted by atomic mass is 16.7. The lowest BCUT2D eigenvalue weighted by Crippen LogP contribution is -2.48. The van der Waals surface area contributed by atoms with Crippen LogP contribution in [0.15, 0.2) is 42.1 Å². The molecular formula is C17H19NO5. The molecule has 122 valence electrons. The van der Waals surface area contributed by atoms with Gasteiger partial charge in [0, 0.05) is 32.2 Å². The fraction of sp³-hybridized carbons (Fsp3) is 0.353. The minimum absolute atomic E-state index is 0.531. The van der Waals surface area contributed by atoms with Crippen LogP contribution in [0.25, 0.3) is 0 Å². The Kier molecular flexibility index (Phi) is 4.83. The predicted molar refractivity (Wildman–Crippen MR) is 81.8 cm³/mol. The van der Waals surface area contributed by atoms with Crippen molar-refractivity contribution in [3.05, 3.63) is 47.7 Å². The third-order valence-electron chi connectivity index (χ3n) is 3.22. The first-order chi connectivity index (χ1) is 10.8. The first-order valence-corrected chi connectivity index (χ1v) is 7.24. The van der Waals surface area contributed by atoms with Crippen molar-refractivity contribution in [3.63, 3.8) is 0 Å². The van der Waals surface area contributed by atoms with Gasteiger partial charge in [-0.15, -0.1) is 0 Å². The molecule has 1 aliphatic heterocycles. The van der Waals surface area contributed by atoms with Crippen molar-refractivity contribution in [2.24, 2.45) is 5.92 Å². The summed E-state index contributed by atoms with van der Waals surface area (Å²) in [5, 5.41) is 3.05. The molecule has 0 unspecified atom stereocenters. The molecule has 0 spiro atoms. The van der Waals surface area contributed by atoms with E-state index in [0.717, 1.165) is 5.56 Å². The standard InChI is InChI=1S/C17H19NO5/c1-11(18-10-12-7-5-4-6-8-12)9-13(19)14-15(20)22-17(2,3)23-16(14)21/h4-9,14,18H,10H2,1-3H3/b11-9-. The highest BCUT2D eigenvalue weighted by Crippen LogP contribution is 2.24. The lowest BCUT2D eigenvalue weighted by molar-refractivity contribution is -0.238. The van der Waals surface area contributed by atoms with Crippen molar-refractivity contribution in [3.8, 4) is 0 Å². The van der Waals surface area contributed by atoms with E-state index >= 15 is 0 Å². The summed E-state index contributed by atoms with van der Waals surface area (Å²) < 4.78 is 9.87. The van der Waals surface area contributed by atoms with E-state index < -0.39 is 29.4 Å². The number of nitrogens with one attached hydrogen (secondary N) is 1. The van der Waals surface area contributed by atoms with E-state index in [4.69, 9.17) is 9.47 Å². The van der Waals surface area contributed by atoms with Gasteiger partial charge in [-0.3, -0.25) is 14.4 Å². The SMILES string of the molecule is C/C(=C/C(=O)C1C(=O)OC(C)(C)OC1=O)NCc1ccccc1. The molecule has 23 heavy (non-hydrogen) atoms. The summed E-state index contributed by atoms with van der Waals surface area (Å²) in [4.78, 5) is 35.8. The van der Waals surface area contributed by atoms with Crippen molar-refractivity contribution in [1.29, 1.82) is 0 Å². The van der Waals surface area contributed by atoms with Gasteiger partial charge < -0.3 is 14.8 Å². The first kappa shape index (κ1) is 16.7. The van der Waals surface area contributed by atoms with Gasteiger partial charge in [-0.25, -0.2) is 0 Å². The number of hydrogen-bond donors (Lipinski definition) is 1. The summed E-state index contributed by atoms with van der Waals surface area (Å²) in [6, 6.07) is 9.63. The minimum Gasteiger partial charge on any atom is -0.422 e. The molecule has 1 N–H and O–H groups in total. The molecule has 1 saturated heterocycles. The Hall–Kier alpha value is -2.63. The van der Waals surface area contributed by atoms with Crippen LogP contribution in [0.4, 0.5) is 0 Å². The van der Waals surface area contributed by atoms with Crippen molar-refractivity contribution < 1.29 is 23.9 Å². The number of cyclic esters (lactones) is 2. The number of ketones is 1. The molecule has 0 atom stereocenters. The van der Waals surface area contributed by atoms with E-state index in [1.807, 2.05) is 30.3 Å². The highest BCUT2D eigenvalue weighted by molar-refractivity contribution is 6.19. The Morgan fingerprint density at radius 1 is 1.17 bits per heavy atom. The largest absolute Gasteiger partial charge is 0.422 e. The number of rotatable bonds is 5. The fourth-order valence-electron chi connectivity index (χ4n) is 2.14. The van der Waals surface area contributed by atoms with Gasteiger partial charge in [-0.05, 0) is 12.5 Å². The highest BCUT2D eigenvalue weighted by Gasteiger charge is 2.46. The number of carbonyl (C=O) groups excluding carboxylic acids is 3. The summed E-state index contributed by atoms with van der Waals surface area (Å²) >= 11 is 0. The number of esters is 2. The Labute approximate surface area is 134 Å². The van der Waals surface area contributed by atoms with Gasteiger partial charge in [-0.1, -0.05) is 30.3 Å². The zero-order valence-electron chi connectivity index (χ0n) is 13.3. The normalized spacial score (nSPS) is 18.1. The van der Waals surface area contributed by atoms with Crippen LogP contribution in [-0.4, -0.2) is 23.5 Å². The Morgan fingerprint density at radius 2 is 1.74 bits per heavy atom. The van der Waals surface area contributed by atoms with Crippen LogP contribution in [0.2, 0.25) is 0 Å². The van der Waals surface area contributed by atoms with Crippen LogP contribution in [0.3, 0.4) is 0 Å². The molecule has 0 aromatic heterocycles. The summed E-state index contributed by atoms with van der Waals surface area (Å²) in [6.07, 6.45) is 1.22. The molecule has 1 aliphatic rings. The van der Waals surface area contributed by atoms with Crippen molar-refractivity contribution >= 4 is 17.7 Å². The molecule has 1 aromatic carbocycles. The number of carbonyl (C=O) groups is 3. The van der Waals surface area contributed by atoms with Crippen LogP contribution in [0.5, 0.6) is 0 Å². The van der Waals surface area contributed by atoms with Gasteiger partial charge in [-0.2, -0.15) is 0 Å². The maximum Gasteiger partial charge on any atom is 0.331 e. The fourth-order valence-corrected chi connectivity index (χ4v) is 2.14. The molecule has 6 nitrogen and oxygen atoms in total. The average Bonchev–Trinajstić information content (AvgIpc) is 2.44. The molecule has 0 aliphatic carbocycles. The average molecular weight is 317 g/mol. The molecule has 1 aromatic rings. The van der Waals surface area contributed by atoms with Crippen LogP contribution in [0.1, 0.15) is 26.3 Å². The van der Waals surface area contributed by atoms with Gasteiger partial charge >= 0.3 is 11.9 Å². The number of hydrogen-bond acceptors (Lipinski definition) is 6. The molecule has 1 heterocycles. The first-order valence-electron chi connectivity index (χ1n) is 7.24. The van der Waals surface area contributed by atoms with Crippen molar-refractivity contribution in [2.45, 2.75) is 33.1 Å². The maximum absolute atomic E-state index is 12.1. The molecule has 0 bridgehead atoms. The van der Waals surface area contributed by atoms with E-state index in [-0.39, 0.29) is 0 Å². The monoisotopic (exact) mass is 317 g/mol. The predicted octanol–water partition coefficient (Wildman–Crippen LogP) is 1.70. The van der Waals surface area contributed by atoms with Gasteiger partial charge in [0.05, 0.1) is 0 Å². The van der Waals surface area contributed by atoms with Gasteiger partial charge in [0.15, 0.2) is 5.78 Å². The maximum atomic E-state index is 12.1. The van der Waals surface area contributed by atoms with Gasteiger partial charge in [0.25, 0.3) is 5.79 Å². The summed E-state index contributed by atoms with van der Waals surface area (Å²) in [7, 11) is 0. The third kappa shape index (κ3) is 4.42. The quantitative estimate of drug-likeness (QED) is 0.506. The lowest BCUT2D eigenvalue weighted by Gasteiger charge is -2.31. The molecular weight excluding hydrogens is 298 g/mol. The molecule has 0 radical (unpaired) electrons. The smallest absolute Gasteiger partial charge is 0.331 e. The number of allylic oxidation sites excluding steroid dienone is 2. The van der Waals surface area contributed by atoms with E-state index in [0.29, 0.717) is 12.2 Å². The Morgan fingerprint density at radius 3 is 2.30 bits per heavy atom. The topological polar surface area (TPSA) is 81.7 Å². The summed E-state index contributed by atoms with van der Waals surface area (Å²) in [5.74, 6) is -5.33. The van der Waals surface area contributed by atoms with E-state index in [1.165, 1.54) is 19.9 Å².